The Hall–Kier alpha value is -2.93. The van der Waals surface area contributed by atoms with Gasteiger partial charge in [0.1, 0.15) is 6.17 Å². The predicted molar refractivity (Wildman–Crippen MR) is 99.6 cm³/mol. The topological polar surface area (TPSA) is 67.6 Å². The summed E-state index contributed by atoms with van der Waals surface area (Å²) < 4.78 is 60.9. The minimum atomic E-state index is -4.66. The van der Waals surface area contributed by atoms with Crippen molar-refractivity contribution in [2.75, 3.05) is 0 Å². The van der Waals surface area contributed by atoms with Gasteiger partial charge < -0.3 is 9.09 Å². The first-order chi connectivity index (χ1) is 13.8. The Morgan fingerprint density at radius 3 is 2.79 bits per heavy atom. The molecule has 1 aliphatic rings. The number of rotatable bonds is 3. The number of alkyl halides is 4. The van der Waals surface area contributed by atoms with Crippen LogP contribution in [0.1, 0.15) is 29.3 Å². The maximum atomic E-state index is 13.5. The standard InChI is InChI=1S/C19H11BrF4N4O/c20-13-7-10(1-3-14(13)21)18-26-16(27-29-18)9-28-6-5-12-15(28)4-2-11(8-25)17(12)19(22,23)24/h1-2,4-7,14H,3,9H2. The van der Waals surface area contributed by atoms with Crippen molar-refractivity contribution in [3.63, 3.8) is 0 Å². The zero-order valence-corrected chi connectivity index (χ0v) is 16.1. The second-order valence-electron chi connectivity index (χ2n) is 6.38. The second kappa shape index (κ2) is 7.15. The highest BCUT2D eigenvalue weighted by Gasteiger charge is 2.36. The van der Waals surface area contributed by atoms with Gasteiger partial charge in [0.2, 0.25) is 0 Å². The van der Waals surface area contributed by atoms with Crippen LogP contribution in [-0.2, 0) is 12.7 Å². The van der Waals surface area contributed by atoms with Gasteiger partial charge in [-0.05, 0) is 24.3 Å². The zero-order chi connectivity index (χ0) is 20.8. The highest BCUT2D eigenvalue weighted by Crippen LogP contribution is 2.38. The minimum Gasteiger partial charge on any atom is -0.340 e. The maximum absolute atomic E-state index is 13.5. The van der Waals surface area contributed by atoms with Crippen LogP contribution in [0.4, 0.5) is 17.6 Å². The summed E-state index contributed by atoms with van der Waals surface area (Å²) in [6.45, 7) is 0.0695. The molecule has 0 aliphatic heterocycles. The van der Waals surface area contributed by atoms with Gasteiger partial charge in [-0.2, -0.15) is 23.4 Å². The molecule has 1 aliphatic carbocycles. The second-order valence-corrected chi connectivity index (χ2v) is 7.30. The molecular formula is C19H11BrF4N4O. The molecular weight excluding hydrogens is 456 g/mol. The van der Waals surface area contributed by atoms with Gasteiger partial charge in [-0.25, -0.2) is 4.39 Å². The average Bonchev–Trinajstić information content (AvgIpc) is 3.30. The van der Waals surface area contributed by atoms with Crippen LogP contribution in [0.2, 0.25) is 0 Å². The summed E-state index contributed by atoms with van der Waals surface area (Å²) in [6, 6.07) is 5.50. The van der Waals surface area contributed by atoms with Crippen molar-refractivity contribution in [1.82, 2.24) is 14.7 Å². The Morgan fingerprint density at radius 1 is 1.31 bits per heavy atom. The Morgan fingerprint density at radius 2 is 2.10 bits per heavy atom. The van der Waals surface area contributed by atoms with Crippen molar-refractivity contribution in [2.24, 2.45) is 0 Å². The molecule has 1 aromatic carbocycles. The van der Waals surface area contributed by atoms with Gasteiger partial charge >= 0.3 is 6.18 Å². The van der Waals surface area contributed by atoms with E-state index in [1.165, 1.54) is 18.3 Å². The fourth-order valence-corrected chi connectivity index (χ4v) is 3.62. The molecule has 148 valence electrons. The average molecular weight is 467 g/mol. The van der Waals surface area contributed by atoms with Crippen molar-refractivity contribution >= 4 is 32.4 Å². The number of allylic oxidation sites excluding steroid dienone is 4. The van der Waals surface area contributed by atoms with E-state index in [9.17, 15) is 17.6 Å². The zero-order valence-electron chi connectivity index (χ0n) is 14.5. The van der Waals surface area contributed by atoms with Crippen LogP contribution in [0.15, 0.2) is 45.6 Å². The first-order valence-electron chi connectivity index (χ1n) is 8.41. The molecule has 3 aromatic rings. The molecule has 0 fully saturated rings. The Labute approximate surface area is 170 Å². The lowest BCUT2D eigenvalue weighted by Gasteiger charge is -2.11. The SMILES string of the molecule is N#Cc1ccc2c(ccn2Cc2noc(C3=CCC(F)C(Br)=C3)n2)c1C(F)(F)F. The third kappa shape index (κ3) is 3.58. The van der Waals surface area contributed by atoms with Gasteiger partial charge in [-0.1, -0.05) is 27.2 Å². The fourth-order valence-electron chi connectivity index (χ4n) is 3.19. The molecule has 10 heteroatoms. The highest BCUT2D eigenvalue weighted by atomic mass is 79.9. The van der Waals surface area contributed by atoms with Gasteiger partial charge in [0.15, 0.2) is 5.82 Å². The van der Waals surface area contributed by atoms with Crippen LogP contribution in [0, 0.1) is 11.3 Å². The molecule has 4 rings (SSSR count). The number of fused-ring (bicyclic) bond motifs is 1. The molecule has 2 aromatic heterocycles. The Kier molecular flexibility index (Phi) is 4.78. The van der Waals surface area contributed by atoms with Gasteiger partial charge in [-0.3, -0.25) is 0 Å². The van der Waals surface area contributed by atoms with Crippen LogP contribution in [0.25, 0.3) is 16.5 Å². The van der Waals surface area contributed by atoms with E-state index in [0.29, 0.717) is 15.6 Å². The number of nitrogens with zero attached hydrogens (tertiary/aromatic N) is 4. The molecule has 0 saturated heterocycles. The van der Waals surface area contributed by atoms with Gasteiger partial charge in [0.25, 0.3) is 5.89 Å². The number of benzene rings is 1. The first-order valence-corrected chi connectivity index (χ1v) is 9.20. The van der Waals surface area contributed by atoms with Gasteiger partial charge in [-0.15, -0.1) is 0 Å². The van der Waals surface area contributed by atoms with Crippen LogP contribution in [-0.4, -0.2) is 20.9 Å². The Bertz CT molecular complexity index is 1200. The van der Waals surface area contributed by atoms with Gasteiger partial charge in [0, 0.05) is 33.6 Å². The molecule has 5 nitrogen and oxygen atoms in total. The van der Waals surface area contributed by atoms with Crippen LogP contribution in [0.5, 0.6) is 0 Å². The summed E-state index contributed by atoms with van der Waals surface area (Å²) in [5.74, 6) is 0.450. The first kappa shape index (κ1) is 19.4. The molecule has 0 saturated carbocycles. The minimum absolute atomic E-state index is 0.0695. The van der Waals surface area contributed by atoms with E-state index in [4.69, 9.17) is 9.78 Å². The van der Waals surface area contributed by atoms with E-state index in [-0.39, 0.29) is 30.1 Å². The number of hydrogen-bond acceptors (Lipinski definition) is 4. The number of hydrogen-bond donors (Lipinski definition) is 0. The van der Waals surface area contributed by atoms with Crippen molar-refractivity contribution in [3.8, 4) is 6.07 Å². The van der Waals surface area contributed by atoms with Crippen molar-refractivity contribution in [2.45, 2.75) is 25.3 Å². The quantitative estimate of drug-likeness (QED) is 0.486. The Balaban J connectivity index is 1.67. The molecule has 29 heavy (non-hydrogen) atoms. The smallest absolute Gasteiger partial charge is 0.340 e. The number of nitriles is 1. The van der Waals surface area contributed by atoms with E-state index >= 15 is 0 Å². The third-order valence-corrected chi connectivity index (χ3v) is 5.25. The molecule has 0 bridgehead atoms. The van der Waals surface area contributed by atoms with Crippen molar-refractivity contribution in [3.05, 3.63) is 63.9 Å². The molecule has 2 heterocycles. The summed E-state index contributed by atoms with van der Waals surface area (Å²) in [6.07, 6.45) is -0.938. The van der Waals surface area contributed by atoms with Crippen LogP contribution in [0.3, 0.4) is 0 Å². The molecule has 0 spiro atoms. The van der Waals surface area contributed by atoms with E-state index in [0.717, 1.165) is 6.07 Å². The highest BCUT2D eigenvalue weighted by molar-refractivity contribution is 9.11. The monoisotopic (exact) mass is 466 g/mol. The molecule has 0 radical (unpaired) electrons. The molecule has 1 unspecified atom stereocenters. The van der Waals surface area contributed by atoms with Crippen molar-refractivity contribution < 1.29 is 22.1 Å². The summed E-state index contributed by atoms with van der Waals surface area (Å²) in [4.78, 5) is 4.25. The predicted octanol–water partition coefficient (Wildman–Crippen LogP) is 5.37. The van der Waals surface area contributed by atoms with Crippen LogP contribution >= 0.6 is 15.9 Å². The normalized spacial score (nSPS) is 17.2. The molecule has 1 atom stereocenters. The maximum Gasteiger partial charge on any atom is 0.418 e. The lowest BCUT2D eigenvalue weighted by molar-refractivity contribution is -0.136. The fraction of sp³-hybridized carbons (Fsp3) is 0.211. The van der Waals surface area contributed by atoms with E-state index in [2.05, 4.69) is 26.1 Å². The van der Waals surface area contributed by atoms with E-state index in [1.54, 1.807) is 22.8 Å². The summed E-state index contributed by atoms with van der Waals surface area (Å²) in [7, 11) is 0. The van der Waals surface area contributed by atoms with Gasteiger partial charge in [0.05, 0.1) is 23.7 Å². The summed E-state index contributed by atoms with van der Waals surface area (Å²) in [5.41, 5.74) is -0.534. The van der Waals surface area contributed by atoms with Crippen LogP contribution < -0.4 is 0 Å². The largest absolute Gasteiger partial charge is 0.418 e. The van der Waals surface area contributed by atoms with Crippen molar-refractivity contribution in [1.29, 1.82) is 5.26 Å². The molecule has 0 amide bonds. The third-order valence-electron chi connectivity index (χ3n) is 4.52. The number of halogens is 5. The summed E-state index contributed by atoms with van der Waals surface area (Å²) in [5, 5.41) is 12.8. The summed E-state index contributed by atoms with van der Waals surface area (Å²) >= 11 is 3.14. The van der Waals surface area contributed by atoms with E-state index < -0.39 is 23.5 Å². The van der Waals surface area contributed by atoms with E-state index in [1.807, 2.05) is 0 Å². The lowest BCUT2D eigenvalue weighted by atomic mass is 10.0. The lowest BCUT2D eigenvalue weighted by Crippen LogP contribution is -2.09. The number of aromatic nitrogens is 3. The molecule has 0 N–H and O–H groups in total.